The summed E-state index contributed by atoms with van der Waals surface area (Å²) in [5, 5.41) is 7.94. The van der Waals surface area contributed by atoms with Crippen molar-refractivity contribution in [1.82, 2.24) is 5.32 Å². The van der Waals surface area contributed by atoms with Crippen LogP contribution in [-0.2, 0) is 4.74 Å². The van der Waals surface area contributed by atoms with Crippen LogP contribution in [0.4, 0.5) is 10.5 Å². The van der Waals surface area contributed by atoms with Gasteiger partial charge in [-0.3, -0.25) is 0 Å². The molecule has 0 bridgehead atoms. The highest BCUT2D eigenvalue weighted by Crippen LogP contribution is 2.26. The van der Waals surface area contributed by atoms with Gasteiger partial charge < -0.3 is 15.4 Å². The van der Waals surface area contributed by atoms with Gasteiger partial charge in [0.25, 0.3) is 0 Å². The number of benzene rings is 2. The molecule has 4 heteroatoms. The highest BCUT2D eigenvalue weighted by molar-refractivity contribution is 6.02. The van der Waals surface area contributed by atoms with Gasteiger partial charge in [-0.2, -0.15) is 0 Å². The molecule has 0 heterocycles. The second kappa shape index (κ2) is 6.39. The van der Waals surface area contributed by atoms with Crippen LogP contribution < -0.4 is 10.6 Å². The summed E-state index contributed by atoms with van der Waals surface area (Å²) >= 11 is 0. The van der Waals surface area contributed by atoms with Crippen LogP contribution in [0.3, 0.4) is 0 Å². The zero-order valence-electron chi connectivity index (χ0n) is 12.1. The zero-order valence-corrected chi connectivity index (χ0v) is 12.1. The van der Waals surface area contributed by atoms with Crippen molar-refractivity contribution in [3.05, 3.63) is 42.0 Å². The Morgan fingerprint density at radius 1 is 1.25 bits per heavy atom. The van der Waals surface area contributed by atoms with E-state index in [1.165, 1.54) is 0 Å². The van der Waals surface area contributed by atoms with E-state index in [9.17, 15) is 4.79 Å². The number of ether oxygens (including phenoxy) is 1. The van der Waals surface area contributed by atoms with Gasteiger partial charge in [-0.15, -0.1) is 0 Å². The molecule has 2 amide bonds. The minimum atomic E-state index is -0.214. The van der Waals surface area contributed by atoms with Gasteiger partial charge in [0.15, 0.2) is 0 Å². The van der Waals surface area contributed by atoms with Crippen LogP contribution in [0.2, 0.25) is 0 Å². The molecule has 0 aliphatic heterocycles. The molecule has 2 aromatic carbocycles. The van der Waals surface area contributed by atoms with Crippen molar-refractivity contribution in [2.75, 3.05) is 19.0 Å². The van der Waals surface area contributed by atoms with E-state index in [-0.39, 0.29) is 12.1 Å². The summed E-state index contributed by atoms with van der Waals surface area (Å²) in [7, 11) is 1.62. The molecule has 20 heavy (non-hydrogen) atoms. The quantitative estimate of drug-likeness (QED) is 0.897. The van der Waals surface area contributed by atoms with Gasteiger partial charge in [-0.1, -0.05) is 36.4 Å². The summed E-state index contributed by atoms with van der Waals surface area (Å²) < 4.78 is 5.01. The van der Waals surface area contributed by atoms with E-state index in [4.69, 9.17) is 4.74 Å². The average Bonchev–Trinajstić information content (AvgIpc) is 2.42. The first-order valence-corrected chi connectivity index (χ1v) is 6.66. The Kier molecular flexibility index (Phi) is 4.58. The Bertz CT molecular complexity index is 610. The predicted octanol–water partition coefficient (Wildman–Crippen LogP) is 3.30. The first kappa shape index (κ1) is 14.3. The van der Waals surface area contributed by atoms with Crippen molar-refractivity contribution >= 4 is 22.5 Å². The van der Waals surface area contributed by atoms with Crippen molar-refractivity contribution < 1.29 is 9.53 Å². The predicted molar refractivity (Wildman–Crippen MR) is 82.2 cm³/mol. The van der Waals surface area contributed by atoms with Crippen molar-refractivity contribution in [1.29, 1.82) is 0 Å². The third-order valence-corrected chi connectivity index (χ3v) is 3.17. The Hall–Kier alpha value is -2.07. The maximum atomic E-state index is 12.0. The molecule has 4 nitrogen and oxygen atoms in total. The number of carbonyl (C=O) groups is 1. The standard InChI is InChI=1S/C16H20N2O2/c1-11-8-9-13-6-4-5-7-14(13)15(11)18-16(19)17-12(2)10-20-3/h4-9,12H,10H2,1-3H3,(H2,17,18,19)/t12-/m0/s1. The lowest BCUT2D eigenvalue weighted by molar-refractivity contribution is 0.173. The Morgan fingerprint density at radius 3 is 2.75 bits per heavy atom. The Balaban J connectivity index is 2.20. The number of carbonyl (C=O) groups excluding carboxylic acids is 1. The number of aryl methyl sites for hydroxylation is 1. The SMILES string of the molecule is COC[C@H](C)NC(=O)Nc1c(C)ccc2ccccc12. The fourth-order valence-corrected chi connectivity index (χ4v) is 2.21. The number of nitrogens with one attached hydrogen (secondary N) is 2. The first-order chi connectivity index (χ1) is 9.61. The van der Waals surface area contributed by atoms with Crippen LogP contribution in [0, 0.1) is 6.92 Å². The summed E-state index contributed by atoms with van der Waals surface area (Å²) in [6.07, 6.45) is 0. The lowest BCUT2D eigenvalue weighted by atomic mass is 10.0. The molecule has 0 spiro atoms. The third kappa shape index (κ3) is 3.27. The second-order valence-electron chi connectivity index (χ2n) is 4.93. The molecule has 106 valence electrons. The van der Waals surface area contributed by atoms with E-state index in [0.29, 0.717) is 6.61 Å². The summed E-state index contributed by atoms with van der Waals surface area (Å²) in [6.45, 7) is 4.38. The maximum Gasteiger partial charge on any atom is 0.319 e. The highest BCUT2D eigenvalue weighted by Gasteiger charge is 2.10. The Labute approximate surface area is 119 Å². The van der Waals surface area contributed by atoms with Crippen molar-refractivity contribution in [2.24, 2.45) is 0 Å². The third-order valence-electron chi connectivity index (χ3n) is 3.17. The minimum Gasteiger partial charge on any atom is -0.383 e. The molecule has 0 unspecified atom stereocenters. The van der Waals surface area contributed by atoms with E-state index in [0.717, 1.165) is 22.0 Å². The number of methoxy groups -OCH3 is 1. The molecule has 0 aliphatic rings. The molecule has 0 radical (unpaired) electrons. The molecule has 0 aromatic heterocycles. The monoisotopic (exact) mass is 272 g/mol. The zero-order chi connectivity index (χ0) is 14.5. The number of hydrogen-bond acceptors (Lipinski definition) is 2. The second-order valence-corrected chi connectivity index (χ2v) is 4.93. The van der Waals surface area contributed by atoms with E-state index < -0.39 is 0 Å². The number of amides is 2. The molecular formula is C16H20N2O2. The number of fused-ring (bicyclic) bond motifs is 1. The van der Waals surface area contributed by atoms with Crippen LogP contribution >= 0.6 is 0 Å². The minimum absolute atomic E-state index is 0.0321. The molecule has 0 saturated heterocycles. The van der Waals surface area contributed by atoms with Gasteiger partial charge >= 0.3 is 6.03 Å². The lowest BCUT2D eigenvalue weighted by Gasteiger charge is -2.16. The Morgan fingerprint density at radius 2 is 2.00 bits per heavy atom. The van der Waals surface area contributed by atoms with Gasteiger partial charge in [0.1, 0.15) is 0 Å². The van der Waals surface area contributed by atoms with Crippen LogP contribution in [0.15, 0.2) is 36.4 Å². The van der Waals surface area contributed by atoms with Crippen LogP contribution in [0.25, 0.3) is 10.8 Å². The van der Waals surface area contributed by atoms with E-state index >= 15 is 0 Å². The van der Waals surface area contributed by atoms with Crippen molar-refractivity contribution in [2.45, 2.75) is 19.9 Å². The number of hydrogen-bond donors (Lipinski definition) is 2. The number of rotatable bonds is 4. The number of anilines is 1. The van der Waals surface area contributed by atoms with Crippen LogP contribution in [-0.4, -0.2) is 25.8 Å². The lowest BCUT2D eigenvalue weighted by Crippen LogP contribution is -2.38. The highest BCUT2D eigenvalue weighted by atomic mass is 16.5. The average molecular weight is 272 g/mol. The molecule has 0 fully saturated rings. The summed E-state index contributed by atoms with van der Waals surface area (Å²) in [5.74, 6) is 0. The van der Waals surface area contributed by atoms with Crippen LogP contribution in [0.1, 0.15) is 12.5 Å². The summed E-state index contributed by atoms with van der Waals surface area (Å²) in [6, 6.07) is 11.8. The summed E-state index contributed by atoms with van der Waals surface area (Å²) in [4.78, 5) is 12.0. The van der Waals surface area contributed by atoms with E-state index in [1.54, 1.807) is 7.11 Å². The first-order valence-electron chi connectivity index (χ1n) is 6.66. The maximum absolute atomic E-state index is 12.0. The van der Waals surface area contributed by atoms with E-state index in [1.807, 2.05) is 44.2 Å². The molecule has 0 aliphatic carbocycles. The van der Waals surface area contributed by atoms with Gasteiger partial charge in [-0.25, -0.2) is 4.79 Å². The molecule has 1 atom stereocenters. The largest absolute Gasteiger partial charge is 0.383 e. The molecule has 2 rings (SSSR count). The number of urea groups is 1. The van der Waals surface area contributed by atoms with Gasteiger partial charge in [-0.05, 0) is 24.8 Å². The molecule has 2 N–H and O–H groups in total. The van der Waals surface area contributed by atoms with Gasteiger partial charge in [0.05, 0.1) is 18.3 Å². The van der Waals surface area contributed by atoms with Crippen LogP contribution in [0.5, 0.6) is 0 Å². The molecule has 0 saturated carbocycles. The van der Waals surface area contributed by atoms with E-state index in [2.05, 4.69) is 16.7 Å². The topological polar surface area (TPSA) is 50.4 Å². The van der Waals surface area contributed by atoms with Gasteiger partial charge in [0.2, 0.25) is 0 Å². The molecular weight excluding hydrogens is 252 g/mol. The fourth-order valence-electron chi connectivity index (χ4n) is 2.21. The molecule has 2 aromatic rings. The smallest absolute Gasteiger partial charge is 0.319 e. The fraction of sp³-hybridized carbons (Fsp3) is 0.312. The summed E-state index contributed by atoms with van der Waals surface area (Å²) in [5.41, 5.74) is 1.89. The van der Waals surface area contributed by atoms with Crippen molar-refractivity contribution in [3.63, 3.8) is 0 Å². The van der Waals surface area contributed by atoms with Crippen molar-refractivity contribution in [3.8, 4) is 0 Å². The van der Waals surface area contributed by atoms with Gasteiger partial charge in [0, 0.05) is 12.5 Å². The normalized spacial score (nSPS) is 12.2.